The van der Waals surface area contributed by atoms with Gasteiger partial charge in [-0.1, -0.05) is 11.6 Å². The molecule has 5 nitrogen and oxygen atoms in total. The van der Waals surface area contributed by atoms with Crippen LogP contribution in [0.4, 0.5) is 0 Å². The van der Waals surface area contributed by atoms with Crippen molar-refractivity contribution in [1.29, 1.82) is 0 Å². The second-order valence-corrected chi connectivity index (χ2v) is 2.83. The Kier molecular flexibility index (Phi) is 2.18. The van der Waals surface area contributed by atoms with E-state index in [9.17, 15) is 0 Å². The predicted molar refractivity (Wildman–Crippen MR) is 46.2 cm³/mol. The maximum Gasteiger partial charge on any atom is 0.151 e. The van der Waals surface area contributed by atoms with Crippen molar-refractivity contribution in [2.45, 2.75) is 6.54 Å². The van der Waals surface area contributed by atoms with Gasteiger partial charge in [0.15, 0.2) is 5.15 Å². The molecule has 0 saturated carbocycles. The van der Waals surface area contributed by atoms with Crippen LogP contribution in [-0.4, -0.2) is 25.0 Å². The summed E-state index contributed by atoms with van der Waals surface area (Å²) in [6.07, 6.45) is 3.10. The van der Waals surface area contributed by atoms with E-state index in [0.717, 1.165) is 5.69 Å². The van der Waals surface area contributed by atoms with Gasteiger partial charge in [-0.05, 0) is 12.1 Å². The van der Waals surface area contributed by atoms with Gasteiger partial charge in [0, 0.05) is 0 Å². The summed E-state index contributed by atoms with van der Waals surface area (Å²) in [6.45, 7) is 0.560. The summed E-state index contributed by atoms with van der Waals surface area (Å²) in [5.41, 5.74) is 0.801. The standard InChI is InChI=1S/C7H6ClN5/c8-7-2-1-6(11-12-7)3-13-5-9-4-10-13/h1-2,4-5H,3H2. The highest BCUT2D eigenvalue weighted by Crippen LogP contribution is 2.02. The second kappa shape index (κ2) is 3.49. The fourth-order valence-electron chi connectivity index (χ4n) is 0.908. The Balaban J connectivity index is 2.15. The van der Waals surface area contributed by atoms with Gasteiger partial charge < -0.3 is 0 Å². The van der Waals surface area contributed by atoms with Crippen molar-refractivity contribution < 1.29 is 0 Å². The van der Waals surface area contributed by atoms with Crippen molar-refractivity contribution in [1.82, 2.24) is 25.0 Å². The van der Waals surface area contributed by atoms with Crippen LogP contribution in [0.5, 0.6) is 0 Å². The van der Waals surface area contributed by atoms with Crippen molar-refractivity contribution in [2.24, 2.45) is 0 Å². The lowest BCUT2D eigenvalue weighted by atomic mass is 10.4. The van der Waals surface area contributed by atoms with Crippen LogP contribution in [0.15, 0.2) is 24.8 Å². The van der Waals surface area contributed by atoms with Crippen LogP contribution < -0.4 is 0 Å². The Labute approximate surface area is 79.4 Å². The number of rotatable bonds is 2. The minimum absolute atomic E-state index is 0.391. The van der Waals surface area contributed by atoms with E-state index in [1.807, 2.05) is 0 Å². The molecule has 0 aliphatic carbocycles. The highest BCUT2D eigenvalue weighted by molar-refractivity contribution is 6.29. The van der Waals surface area contributed by atoms with Gasteiger partial charge in [-0.3, -0.25) is 0 Å². The number of hydrogen-bond acceptors (Lipinski definition) is 4. The molecule has 0 aliphatic heterocycles. The van der Waals surface area contributed by atoms with Crippen LogP contribution >= 0.6 is 11.6 Å². The molecular weight excluding hydrogens is 190 g/mol. The molecule has 0 atom stereocenters. The first-order valence-corrected chi connectivity index (χ1v) is 4.03. The maximum absolute atomic E-state index is 5.59. The molecule has 0 bridgehead atoms. The van der Waals surface area contributed by atoms with Crippen LogP contribution in [0.3, 0.4) is 0 Å². The Hall–Kier alpha value is -1.49. The number of nitrogens with zero attached hydrogens (tertiary/aromatic N) is 5. The summed E-state index contributed by atoms with van der Waals surface area (Å²) in [6, 6.07) is 3.50. The minimum Gasteiger partial charge on any atom is -0.247 e. The smallest absolute Gasteiger partial charge is 0.151 e. The molecule has 0 N–H and O–H groups in total. The Bertz CT molecular complexity index is 368. The van der Waals surface area contributed by atoms with Crippen molar-refractivity contribution in [3.05, 3.63) is 35.6 Å². The lowest BCUT2D eigenvalue weighted by molar-refractivity contribution is 0.661. The third-order valence-electron chi connectivity index (χ3n) is 1.48. The molecule has 2 aromatic rings. The van der Waals surface area contributed by atoms with Gasteiger partial charge in [0.1, 0.15) is 12.7 Å². The SMILES string of the molecule is Clc1ccc(Cn2cncn2)nn1. The molecule has 2 rings (SSSR count). The van der Waals surface area contributed by atoms with E-state index in [1.165, 1.54) is 6.33 Å². The van der Waals surface area contributed by atoms with Crippen LogP contribution in [0.1, 0.15) is 5.69 Å². The summed E-state index contributed by atoms with van der Waals surface area (Å²) in [7, 11) is 0. The molecule has 0 spiro atoms. The minimum atomic E-state index is 0.391. The Morgan fingerprint density at radius 2 is 2.23 bits per heavy atom. The van der Waals surface area contributed by atoms with E-state index in [0.29, 0.717) is 11.7 Å². The topological polar surface area (TPSA) is 56.5 Å². The van der Waals surface area contributed by atoms with Gasteiger partial charge in [-0.2, -0.15) is 10.2 Å². The average Bonchev–Trinajstić information content (AvgIpc) is 2.62. The zero-order valence-electron chi connectivity index (χ0n) is 6.63. The molecule has 66 valence electrons. The van der Waals surface area contributed by atoms with E-state index in [-0.39, 0.29) is 0 Å². The quantitative estimate of drug-likeness (QED) is 0.710. The van der Waals surface area contributed by atoms with E-state index in [1.54, 1.807) is 23.1 Å². The summed E-state index contributed by atoms with van der Waals surface area (Å²) >= 11 is 5.59. The molecule has 6 heteroatoms. The normalized spacial score (nSPS) is 10.2. The predicted octanol–water partition coefficient (Wildman–Crippen LogP) is 0.770. The second-order valence-electron chi connectivity index (χ2n) is 2.44. The molecule has 0 amide bonds. The summed E-state index contributed by atoms with van der Waals surface area (Å²) < 4.78 is 1.66. The van der Waals surface area contributed by atoms with Crippen molar-refractivity contribution in [2.75, 3.05) is 0 Å². The van der Waals surface area contributed by atoms with Gasteiger partial charge in [-0.15, -0.1) is 5.10 Å². The molecule has 0 radical (unpaired) electrons. The third-order valence-corrected chi connectivity index (χ3v) is 1.68. The molecule has 0 fully saturated rings. The summed E-state index contributed by atoms with van der Waals surface area (Å²) in [5.74, 6) is 0. The monoisotopic (exact) mass is 195 g/mol. The summed E-state index contributed by atoms with van der Waals surface area (Å²) in [5, 5.41) is 11.9. The number of aromatic nitrogens is 5. The maximum atomic E-state index is 5.59. The number of halogens is 1. The number of hydrogen-bond donors (Lipinski definition) is 0. The molecule has 0 aromatic carbocycles. The largest absolute Gasteiger partial charge is 0.247 e. The molecule has 0 saturated heterocycles. The molecule has 2 aromatic heterocycles. The van der Waals surface area contributed by atoms with Crippen LogP contribution in [0.25, 0.3) is 0 Å². The van der Waals surface area contributed by atoms with Crippen LogP contribution in [-0.2, 0) is 6.54 Å². The highest BCUT2D eigenvalue weighted by Gasteiger charge is 1.97. The molecular formula is C7H6ClN5. The Morgan fingerprint density at radius 3 is 2.85 bits per heavy atom. The first-order valence-electron chi connectivity index (χ1n) is 3.65. The van der Waals surface area contributed by atoms with E-state index in [4.69, 9.17) is 11.6 Å². The lowest BCUT2D eigenvalue weighted by Crippen LogP contribution is -2.02. The molecule has 0 aliphatic rings. The highest BCUT2D eigenvalue weighted by atomic mass is 35.5. The van der Waals surface area contributed by atoms with Crippen LogP contribution in [0.2, 0.25) is 5.15 Å². The fourth-order valence-corrected chi connectivity index (χ4v) is 1.01. The van der Waals surface area contributed by atoms with Crippen LogP contribution in [0, 0.1) is 0 Å². The van der Waals surface area contributed by atoms with Gasteiger partial charge in [-0.25, -0.2) is 9.67 Å². The van der Waals surface area contributed by atoms with Crippen molar-refractivity contribution in [3.63, 3.8) is 0 Å². The fraction of sp³-hybridized carbons (Fsp3) is 0.143. The molecule has 2 heterocycles. The van der Waals surface area contributed by atoms with Crippen molar-refractivity contribution in [3.8, 4) is 0 Å². The Morgan fingerprint density at radius 1 is 1.31 bits per heavy atom. The molecule has 13 heavy (non-hydrogen) atoms. The van der Waals surface area contributed by atoms with Gasteiger partial charge in [0.2, 0.25) is 0 Å². The summed E-state index contributed by atoms with van der Waals surface area (Å²) in [4.78, 5) is 3.81. The zero-order valence-corrected chi connectivity index (χ0v) is 7.39. The van der Waals surface area contributed by atoms with E-state index < -0.39 is 0 Å². The van der Waals surface area contributed by atoms with Gasteiger partial charge in [0.25, 0.3) is 0 Å². The zero-order chi connectivity index (χ0) is 9.10. The third kappa shape index (κ3) is 2.00. The van der Waals surface area contributed by atoms with E-state index in [2.05, 4.69) is 20.3 Å². The molecule has 0 unspecified atom stereocenters. The average molecular weight is 196 g/mol. The van der Waals surface area contributed by atoms with Gasteiger partial charge in [0.05, 0.1) is 12.2 Å². The first kappa shape index (κ1) is 8.12. The lowest BCUT2D eigenvalue weighted by Gasteiger charge is -1.97. The first-order chi connectivity index (χ1) is 6.34. The van der Waals surface area contributed by atoms with E-state index >= 15 is 0 Å². The van der Waals surface area contributed by atoms with Gasteiger partial charge >= 0.3 is 0 Å². The van der Waals surface area contributed by atoms with Crippen molar-refractivity contribution >= 4 is 11.6 Å².